The highest BCUT2D eigenvalue weighted by Crippen LogP contribution is 2.29. The molecule has 3 heterocycles. The molecule has 1 atom stereocenters. The van der Waals surface area contributed by atoms with Crippen molar-refractivity contribution in [2.75, 3.05) is 20.1 Å². The number of H-pyrrole nitrogens is 1. The maximum absolute atomic E-state index is 13.4. The number of rotatable bonds is 5. The summed E-state index contributed by atoms with van der Waals surface area (Å²) in [7, 11) is -2.14. The number of benzene rings is 1. The van der Waals surface area contributed by atoms with E-state index in [1.807, 2.05) is 35.7 Å². The number of carbonyl (C=O) groups excluding carboxylic acids is 1. The number of hydrogen-bond donors (Lipinski definition) is 1. The van der Waals surface area contributed by atoms with Crippen molar-refractivity contribution >= 4 is 27.3 Å². The monoisotopic (exact) mass is 444 g/mol. The van der Waals surface area contributed by atoms with Gasteiger partial charge in [0.2, 0.25) is 15.9 Å². The largest absolute Gasteiger partial charge is 0.343 e. The molecule has 0 bridgehead atoms. The van der Waals surface area contributed by atoms with Gasteiger partial charge in [-0.15, -0.1) is 11.3 Å². The SMILES string of the molecule is Cc1n[nH]c(C)c1S(=O)(=O)N1CCN(C)C(=O)C1Cc1ccc(-c2cccs2)cc1. The number of thiophene rings is 1. The summed E-state index contributed by atoms with van der Waals surface area (Å²) < 4.78 is 28.2. The molecule has 1 fully saturated rings. The second kappa shape index (κ2) is 7.98. The van der Waals surface area contributed by atoms with E-state index in [1.54, 1.807) is 37.1 Å². The first-order valence-corrected chi connectivity index (χ1v) is 12.0. The van der Waals surface area contributed by atoms with E-state index >= 15 is 0 Å². The van der Waals surface area contributed by atoms with Gasteiger partial charge in [0.25, 0.3) is 0 Å². The first-order chi connectivity index (χ1) is 14.3. The lowest BCUT2D eigenvalue weighted by Crippen LogP contribution is -2.58. The van der Waals surface area contributed by atoms with Crippen LogP contribution in [-0.4, -0.2) is 59.9 Å². The third kappa shape index (κ3) is 3.68. The number of nitrogens with zero attached hydrogens (tertiary/aromatic N) is 3. The van der Waals surface area contributed by atoms with Crippen molar-refractivity contribution in [3.8, 4) is 10.4 Å². The molecule has 1 amide bonds. The van der Waals surface area contributed by atoms with Crippen LogP contribution in [0.2, 0.25) is 0 Å². The lowest BCUT2D eigenvalue weighted by molar-refractivity contribution is -0.137. The van der Waals surface area contributed by atoms with Gasteiger partial charge in [-0.25, -0.2) is 8.42 Å². The molecule has 2 aromatic heterocycles. The minimum Gasteiger partial charge on any atom is -0.343 e. The number of aromatic nitrogens is 2. The highest BCUT2D eigenvalue weighted by molar-refractivity contribution is 7.89. The summed E-state index contributed by atoms with van der Waals surface area (Å²) in [6, 6.07) is 11.3. The van der Waals surface area contributed by atoms with Crippen LogP contribution in [-0.2, 0) is 21.2 Å². The molecule has 1 aliphatic heterocycles. The zero-order valence-corrected chi connectivity index (χ0v) is 18.8. The third-order valence-electron chi connectivity index (χ3n) is 5.48. The van der Waals surface area contributed by atoms with E-state index in [1.165, 1.54) is 9.18 Å². The normalized spacial score (nSPS) is 18.2. The molecule has 0 radical (unpaired) electrons. The van der Waals surface area contributed by atoms with Gasteiger partial charge < -0.3 is 4.90 Å². The molecule has 0 aliphatic carbocycles. The number of piperazine rings is 1. The summed E-state index contributed by atoms with van der Waals surface area (Å²) in [5.74, 6) is -0.189. The summed E-state index contributed by atoms with van der Waals surface area (Å²) >= 11 is 1.67. The maximum Gasteiger partial charge on any atom is 0.247 e. The van der Waals surface area contributed by atoms with Crippen LogP contribution in [0.1, 0.15) is 17.0 Å². The van der Waals surface area contributed by atoms with Gasteiger partial charge in [-0.05, 0) is 42.8 Å². The number of hydrogen-bond acceptors (Lipinski definition) is 5. The Morgan fingerprint density at radius 1 is 1.17 bits per heavy atom. The minimum atomic E-state index is -3.86. The number of aromatic amines is 1. The zero-order chi connectivity index (χ0) is 21.5. The van der Waals surface area contributed by atoms with Crippen molar-refractivity contribution in [3.05, 3.63) is 58.7 Å². The molecular formula is C21H24N4O3S2. The highest BCUT2D eigenvalue weighted by Gasteiger charge is 2.42. The van der Waals surface area contributed by atoms with Gasteiger partial charge in [0.05, 0.1) is 11.4 Å². The minimum absolute atomic E-state index is 0.165. The fraction of sp³-hybridized carbons (Fsp3) is 0.333. The molecular weight excluding hydrogens is 420 g/mol. The van der Waals surface area contributed by atoms with Gasteiger partial charge in [0.1, 0.15) is 10.9 Å². The van der Waals surface area contributed by atoms with Crippen molar-refractivity contribution in [2.24, 2.45) is 0 Å². The summed E-state index contributed by atoms with van der Waals surface area (Å²) in [6.07, 6.45) is 0.322. The second-order valence-electron chi connectivity index (χ2n) is 7.53. The van der Waals surface area contributed by atoms with Gasteiger partial charge in [-0.1, -0.05) is 30.3 Å². The molecule has 158 valence electrons. The van der Waals surface area contributed by atoms with Crippen molar-refractivity contribution in [3.63, 3.8) is 0 Å². The van der Waals surface area contributed by atoms with Crippen LogP contribution in [0.15, 0.2) is 46.7 Å². The number of likely N-dealkylation sites (N-methyl/N-ethyl adjacent to an activating group) is 1. The fourth-order valence-corrected chi connectivity index (χ4v) is 6.52. The van der Waals surface area contributed by atoms with Crippen LogP contribution in [0.5, 0.6) is 0 Å². The number of sulfonamides is 1. The summed E-state index contributed by atoms with van der Waals surface area (Å²) in [5.41, 5.74) is 2.93. The van der Waals surface area contributed by atoms with Crippen LogP contribution in [0.4, 0.5) is 0 Å². The zero-order valence-electron chi connectivity index (χ0n) is 17.1. The van der Waals surface area contributed by atoms with E-state index < -0.39 is 16.1 Å². The molecule has 1 unspecified atom stereocenters. The number of nitrogens with one attached hydrogen (secondary N) is 1. The van der Waals surface area contributed by atoms with E-state index in [4.69, 9.17) is 0 Å². The molecule has 1 aromatic carbocycles. The quantitative estimate of drug-likeness (QED) is 0.656. The molecule has 1 saturated heterocycles. The Balaban J connectivity index is 1.65. The Kier molecular flexibility index (Phi) is 5.52. The van der Waals surface area contributed by atoms with Gasteiger partial charge in [-0.3, -0.25) is 9.89 Å². The van der Waals surface area contributed by atoms with Gasteiger partial charge >= 0.3 is 0 Å². The lowest BCUT2D eigenvalue weighted by atomic mass is 10.0. The molecule has 7 nitrogen and oxygen atoms in total. The predicted molar refractivity (Wildman–Crippen MR) is 117 cm³/mol. The molecule has 30 heavy (non-hydrogen) atoms. The number of aryl methyl sites for hydroxylation is 2. The summed E-state index contributed by atoms with van der Waals surface area (Å²) in [4.78, 5) is 15.9. The molecule has 9 heteroatoms. The Hall–Kier alpha value is -2.49. The smallest absolute Gasteiger partial charge is 0.247 e. The average molecular weight is 445 g/mol. The molecule has 1 aliphatic rings. The lowest BCUT2D eigenvalue weighted by Gasteiger charge is -2.38. The van der Waals surface area contributed by atoms with Crippen LogP contribution in [0, 0.1) is 13.8 Å². The maximum atomic E-state index is 13.4. The van der Waals surface area contributed by atoms with Crippen LogP contribution in [0.3, 0.4) is 0 Å². The predicted octanol–water partition coefficient (Wildman–Crippen LogP) is 2.83. The Morgan fingerprint density at radius 2 is 1.90 bits per heavy atom. The van der Waals surface area contributed by atoms with Crippen LogP contribution in [0.25, 0.3) is 10.4 Å². The van der Waals surface area contributed by atoms with Gasteiger partial charge in [0, 0.05) is 25.0 Å². The number of carbonyl (C=O) groups is 1. The van der Waals surface area contributed by atoms with E-state index in [2.05, 4.69) is 16.3 Å². The Bertz CT molecular complexity index is 1130. The summed E-state index contributed by atoms with van der Waals surface area (Å²) in [6.45, 7) is 3.96. The summed E-state index contributed by atoms with van der Waals surface area (Å²) in [5, 5.41) is 8.80. The van der Waals surface area contributed by atoms with Crippen LogP contribution >= 0.6 is 11.3 Å². The Labute approximate surface area is 180 Å². The van der Waals surface area contributed by atoms with E-state index in [-0.39, 0.29) is 17.3 Å². The molecule has 0 spiro atoms. The molecule has 4 rings (SSSR count). The van der Waals surface area contributed by atoms with Crippen molar-refractivity contribution in [2.45, 2.75) is 31.2 Å². The fourth-order valence-electron chi connectivity index (χ4n) is 3.88. The van der Waals surface area contributed by atoms with Crippen molar-refractivity contribution in [1.29, 1.82) is 0 Å². The van der Waals surface area contributed by atoms with E-state index in [9.17, 15) is 13.2 Å². The molecule has 3 aromatic rings. The molecule has 1 N–H and O–H groups in total. The standard InChI is InChI=1S/C21H24N4O3S2/c1-14-20(15(2)23-22-14)30(27,28)25-11-10-24(3)21(26)18(25)13-16-6-8-17(9-7-16)19-5-4-12-29-19/h4-9,12,18H,10-11,13H2,1-3H3,(H,22,23). The first kappa shape index (κ1) is 20.8. The van der Waals surface area contributed by atoms with Gasteiger partial charge in [0.15, 0.2) is 0 Å². The number of amides is 1. The second-order valence-corrected chi connectivity index (χ2v) is 10.3. The molecule has 0 saturated carbocycles. The van der Waals surface area contributed by atoms with E-state index in [0.29, 0.717) is 24.4 Å². The van der Waals surface area contributed by atoms with Crippen LogP contribution < -0.4 is 0 Å². The van der Waals surface area contributed by atoms with Gasteiger partial charge in [-0.2, -0.15) is 9.40 Å². The highest BCUT2D eigenvalue weighted by atomic mass is 32.2. The van der Waals surface area contributed by atoms with Crippen molar-refractivity contribution in [1.82, 2.24) is 19.4 Å². The van der Waals surface area contributed by atoms with E-state index in [0.717, 1.165) is 11.1 Å². The third-order valence-corrected chi connectivity index (χ3v) is 8.57. The van der Waals surface area contributed by atoms with Crippen molar-refractivity contribution < 1.29 is 13.2 Å². The topological polar surface area (TPSA) is 86.4 Å². The Morgan fingerprint density at radius 3 is 2.50 bits per heavy atom. The first-order valence-electron chi connectivity index (χ1n) is 9.70. The average Bonchev–Trinajstić information content (AvgIpc) is 3.36.